The lowest BCUT2D eigenvalue weighted by atomic mass is 9.89. The molecule has 0 fully saturated rings. The molecule has 0 saturated carbocycles. The average molecular weight is 432 g/mol. The molecule has 0 aliphatic carbocycles. The average Bonchev–Trinajstić information content (AvgIpc) is 2.79. The van der Waals surface area contributed by atoms with E-state index in [0.29, 0.717) is 24.1 Å². The van der Waals surface area contributed by atoms with Crippen molar-refractivity contribution in [3.8, 4) is 16.9 Å². The van der Waals surface area contributed by atoms with Crippen LogP contribution < -0.4 is 5.32 Å². The molecule has 2 heterocycles. The molecule has 1 aromatic heterocycles. The van der Waals surface area contributed by atoms with E-state index >= 15 is 0 Å². The van der Waals surface area contributed by atoms with E-state index in [0.717, 1.165) is 16.8 Å². The van der Waals surface area contributed by atoms with Gasteiger partial charge in [-0.1, -0.05) is 36.4 Å². The lowest BCUT2D eigenvalue weighted by Gasteiger charge is -2.22. The fourth-order valence-electron chi connectivity index (χ4n) is 3.94. The second-order valence-corrected chi connectivity index (χ2v) is 7.70. The highest BCUT2D eigenvalue weighted by molar-refractivity contribution is 5.84. The van der Waals surface area contributed by atoms with E-state index in [9.17, 15) is 14.3 Å². The molecule has 0 amide bonds. The summed E-state index contributed by atoms with van der Waals surface area (Å²) < 4.78 is 19.5. The predicted molar refractivity (Wildman–Crippen MR) is 122 cm³/mol. The highest BCUT2D eigenvalue weighted by Gasteiger charge is 2.22. The number of benzene rings is 2. The number of carbonyl (C=O) groups is 1. The minimum atomic E-state index is -0.594. The second-order valence-electron chi connectivity index (χ2n) is 7.70. The highest BCUT2D eigenvalue weighted by Crippen LogP contribution is 2.35. The van der Waals surface area contributed by atoms with E-state index < -0.39 is 6.04 Å². The van der Waals surface area contributed by atoms with Gasteiger partial charge in [-0.25, -0.2) is 9.18 Å². The first kappa shape index (κ1) is 21.6. The number of anilines is 1. The molecule has 1 aliphatic heterocycles. The van der Waals surface area contributed by atoms with E-state index in [-0.39, 0.29) is 30.1 Å². The van der Waals surface area contributed by atoms with Crippen molar-refractivity contribution in [2.45, 2.75) is 31.7 Å². The predicted octanol–water partition coefficient (Wildman–Crippen LogP) is 5.42. The van der Waals surface area contributed by atoms with Gasteiger partial charge in [-0.15, -0.1) is 0 Å². The summed E-state index contributed by atoms with van der Waals surface area (Å²) in [6, 6.07) is 15.2. The first-order valence-corrected chi connectivity index (χ1v) is 10.7. The number of hydrogen-bond donors (Lipinski definition) is 2. The van der Waals surface area contributed by atoms with Crippen LogP contribution in [0.15, 0.2) is 72.9 Å². The van der Waals surface area contributed by atoms with Crippen LogP contribution in [0.2, 0.25) is 0 Å². The zero-order chi connectivity index (χ0) is 22.5. The Bertz CT molecular complexity index is 1130. The van der Waals surface area contributed by atoms with Crippen molar-refractivity contribution >= 4 is 11.7 Å². The molecule has 3 aromatic rings. The van der Waals surface area contributed by atoms with Gasteiger partial charge in [-0.05, 0) is 61.2 Å². The highest BCUT2D eigenvalue weighted by atomic mass is 19.1. The fraction of sp³-hybridized carbons (Fsp3) is 0.231. The van der Waals surface area contributed by atoms with Gasteiger partial charge in [0.05, 0.1) is 12.8 Å². The van der Waals surface area contributed by atoms with Crippen molar-refractivity contribution in [3.05, 3.63) is 90.0 Å². The van der Waals surface area contributed by atoms with Crippen molar-refractivity contribution < 1.29 is 19.0 Å². The summed E-state index contributed by atoms with van der Waals surface area (Å²) in [5, 5.41) is 12.9. The molecular weight excluding hydrogens is 407 g/mol. The van der Waals surface area contributed by atoms with Gasteiger partial charge in [-0.2, -0.15) is 0 Å². The molecule has 2 unspecified atom stereocenters. The molecular formula is C26H25FN2O3. The molecule has 0 radical (unpaired) electrons. The Morgan fingerprint density at radius 1 is 1.16 bits per heavy atom. The molecule has 1 aliphatic rings. The van der Waals surface area contributed by atoms with Gasteiger partial charge in [0.2, 0.25) is 0 Å². The molecule has 2 N–H and O–H groups in total. The van der Waals surface area contributed by atoms with E-state index in [1.54, 1.807) is 19.1 Å². The zero-order valence-corrected chi connectivity index (χ0v) is 17.8. The third-order valence-electron chi connectivity index (χ3n) is 5.52. The first-order valence-electron chi connectivity index (χ1n) is 10.7. The number of nitrogens with one attached hydrogen (secondary N) is 1. The number of esters is 1. The molecule has 2 aromatic carbocycles. The Morgan fingerprint density at radius 2 is 2.00 bits per heavy atom. The number of hydrogen-bond acceptors (Lipinski definition) is 5. The number of pyridine rings is 1. The van der Waals surface area contributed by atoms with Crippen LogP contribution in [-0.4, -0.2) is 28.7 Å². The number of carbonyl (C=O) groups excluding carboxylic acids is 1. The number of halogens is 1. The van der Waals surface area contributed by atoms with Crippen LogP contribution in [0.25, 0.3) is 11.1 Å². The van der Waals surface area contributed by atoms with Gasteiger partial charge in [0.1, 0.15) is 17.6 Å². The van der Waals surface area contributed by atoms with Crippen molar-refractivity contribution in [2.24, 2.45) is 0 Å². The summed E-state index contributed by atoms with van der Waals surface area (Å²) in [5.41, 5.74) is 4.02. The number of allylic oxidation sites excluding steroid dienone is 1. The van der Waals surface area contributed by atoms with Crippen LogP contribution in [0.3, 0.4) is 0 Å². The molecule has 0 spiro atoms. The Hall–Kier alpha value is -3.67. The lowest BCUT2D eigenvalue weighted by molar-refractivity contribution is -0.143. The summed E-state index contributed by atoms with van der Waals surface area (Å²) in [5.74, 6) is -0.654. The van der Waals surface area contributed by atoms with E-state index in [4.69, 9.17) is 4.74 Å². The number of aromatic hydroxyl groups is 1. The third-order valence-corrected chi connectivity index (χ3v) is 5.52. The van der Waals surface area contributed by atoms with Crippen molar-refractivity contribution in [3.63, 3.8) is 0 Å². The number of ether oxygens (including phenoxy) is 1. The molecule has 2 bridgehead atoms. The van der Waals surface area contributed by atoms with E-state index in [2.05, 4.69) is 10.3 Å². The first-order chi connectivity index (χ1) is 15.5. The standard InChI is InChI=1S/C26H25FN2O3/c1-2-32-26(31)25-9-4-3-8-21(23-13-11-20(30)16-28-23)17-6-5-7-18(14-17)22-15-19(27)10-12-24(22)29-25/h3-7,10-16,21,25,29-30H,2,8-9H2,1H3/b4-3+. The Labute approximate surface area is 186 Å². The summed E-state index contributed by atoms with van der Waals surface area (Å²) in [6.45, 7) is 2.06. The van der Waals surface area contributed by atoms with Gasteiger partial charge in [-0.3, -0.25) is 4.98 Å². The minimum Gasteiger partial charge on any atom is -0.506 e. The van der Waals surface area contributed by atoms with Crippen molar-refractivity contribution in [1.29, 1.82) is 0 Å². The van der Waals surface area contributed by atoms with Gasteiger partial charge in [0, 0.05) is 22.9 Å². The maximum Gasteiger partial charge on any atom is 0.328 e. The van der Waals surface area contributed by atoms with Crippen LogP contribution in [0.5, 0.6) is 5.75 Å². The Balaban J connectivity index is 1.83. The summed E-state index contributed by atoms with van der Waals surface area (Å²) >= 11 is 0. The van der Waals surface area contributed by atoms with Crippen LogP contribution in [0.4, 0.5) is 10.1 Å². The number of rotatable bonds is 3. The van der Waals surface area contributed by atoms with E-state index in [1.165, 1.54) is 18.3 Å². The quantitative estimate of drug-likeness (QED) is 0.427. The number of aromatic nitrogens is 1. The third kappa shape index (κ3) is 4.80. The molecule has 32 heavy (non-hydrogen) atoms. The summed E-state index contributed by atoms with van der Waals surface area (Å²) in [4.78, 5) is 17.0. The zero-order valence-electron chi connectivity index (χ0n) is 17.8. The maximum atomic E-state index is 14.2. The number of nitrogens with zero attached hydrogens (tertiary/aromatic N) is 1. The molecule has 5 nitrogen and oxygen atoms in total. The molecule has 6 heteroatoms. The largest absolute Gasteiger partial charge is 0.506 e. The molecule has 0 saturated heterocycles. The van der Waals surface area contributed by atoms with Gasteiger partial charge >= 0.3 is 5.97 Å². The SMILES string of the molecule is CCOC(=O)C1C/C=C/CC(c2ccc(O)cn2)c2cccc(c2)-c2cc(F)ccc2N1. The lowest BCUT2D eigenvalue weighted by Crippen LogP contribution is -2.31. The summed E-state index contributed by atoms with van der Waals surface area (Å²) in [7, 11) is 0. The summed E-state index contributed by atoms with van der Waals surface area (Å²) in [6.07, 6.45) is 6.51. The second kappa shape index (κ2) is 9.64. The van der Waals surface area contributed by atoms with Crippen molar-refractivity contribution in [1.82, 2.24) is 4.98 Å². The smallest absolute Gasteiger partial charge is 0.328 e. The topological polar surface area (TPSA) is 71.5 Å². The van der Waals surface area contributed by atoms with Gasteiger partial charge in [0.25, 0.3) is 0 Å². The van der Waals surface area contributed by atoms with Crippen LogP contribution >= 0.6 is 0 Å². The minimum absolute atomic E-state index is 0.0581. The monoisotopic (exact) mass is 432 g/mol. The number of fused-ring (bicyclic) bond motifs is 4. The molecule has 164 valence electrons. The van der Waals surface area contributed by atoms with Gasteiger partial charge < -0.3 is 15.2 Å². The molecule has 2 atom stereocenters. The van der Waals surface area contributed by atoms with Gasteiger partial charge in [0.15, 0.2) is 0 Å². The molecule has 4 rings (SSSR count). The van der Waals surface area contributed by atoms with Crippen LogP contribution in [0, 0.1) is 5.82 Å². The Kier molecular flexibility index (Phi) is 6.50. The normalized spacial score (nSPS) is 18.9. The van der Waals surface area contributed by atoms with Crippen molar-refractivity contribution in [2.75, 3.05) is 11.9 Å². The fourth-order valence-corrected chi connectivity index (χ4v) is 3.94. The van der Waals surface area contributed by atoms with E-state index in [1.807, 2.05) is 42.5 Å². The van der Waals surface area contributed by atoms with Crippen LogP contribution in [-0.2, 0) is 9.53 Å². The van der Waals surface area contributed by atoms with Crippen LogP contribution in [0.1, 0.15) is 36.9 Å². The maximum absolute atomic E-state index is 14.2. The Morgan fingerprint density at radius 3 is 2.78 bits per heavy atom.